The summed E-state index contributed by atoms with van der Waals surface area (Å²) in [5.74, 6) is -4.87. The van der Waals surface area contributed by atoms with Crippen LogP contribution in [-0.2, 0) is 36.8 Å². The molecule has 4 atom stereocenters. The molecular weight excluding hydrogens is 482 g/mol. The van der Waals surface area contributed by atoms with Crippen molar-refractivity contribution in [2.75, 3.05) is 5.75 Å². The largest absolute Gasteiger partial charge is 0.480 e. The molecule has 15 nitrogen and oxygen atoms in total. The Morgan fingerprint density at radius 3 is 1.89 bits per heavy atom. The molecule has 2 aromatic heterocycles. The molecule has 4 amide bonds. The number of carboxylic acids is 1. The lowest BCUT2D eigenvalue weighted by Gasteiger charge is -2.24. The third-order valence-corrected chi connectivity index (χ3v) is 5.14. The number of aromatic nitrogens is 4. The summed E-state index contributed by atoms with van der Waals surface area (Å²) in [5.41, 5.74) is 12.1. The molecule has 2 heterocycles. The lowest BCUT2D eigenvalue weighted by atomic mass is 10.1. The van der Waals surface area contributed by atoms with Crippen molar-refractivity contribution in [3.63, 3.8) is 0 Å². The van der Waals surface area contributed by atoms with Crippen LogP contribution in [0.5, 0.6) is 0 Å². The van der Waals surface area contributed by atoms with Crippen LogP contribution in [0.25, 0.3) is 0 Å². The number of nitrogens with one attached hydrogen (secondary N) is 5. The zero-order valence-electron chi connectivity index (χ0n) is 18.4. The second-order valence-electron chi connectivity index (χ2n) is 7.54. The Kier molecular flexibility index (Phi) is 10.2. The predicted octanol–water partition coefficient (Wildman–Crippen LogP) is -3.41. The normalized spacial score (nSPS) is 14.2. The molecule has 16 heteroatoms. The fourth-order valence-electron chi connectivity index (χ4n) is 2.97. The molecule has 35 heavy (non-hydrogen) atoms. The summed E-state index contributed by atoms with van der Waals surface area (Å²) in [6, 6.07) is -5.09. The lowest BCUT2D eigenvalue weighted by molar-refractivity contribution is -0.142. The van der Waals surface area contributed by atoms with Crippen LogP contribution in [0.2, 0.25) is 0 Å². The van der Waals surface area contributed by atoms with E-state index in [1.54, 1.807) is 0 Å². The van der Waals surface area contributed by atoms with Gasteiger partial charge in [0.05, 0.1) is 25.1 Å². The molecule has 4 unspecified atom stereocenters. The Balaban J connectivity index is 2.03. The Bertz CT molecular complexity index is 1010. The highest BCUT2D eigenvalue weighted by atomic mass is 32.1. The van der Waals surface area contributed by atoms with Crippen LogP contribution >= 0.6 is 12.6 Å². The summed E-state index contributed by atoms with van der Waals surface area (Å²) in [4.78, 5) is 74.0. The Morgan fingerprint density at radius 2 is 1.40 bits per heavy atom. The van der Waals surface area contributed by atoms with Gasteiger partial charge in [-0.15, -0.1) is 0 Å². The van der Waals surface area contributed by atoms with Crippen LogP contribution in [0.4, 0.5) is 0 Å². The van der Waals surface area contributed by atoms with Crippen LogP contribution in [0, 0.1) is 0 Å². The highest BCUT2D eigenvalue weighted by molar-refractivity contribution is 7.80. The van der Waals surface area contributed by atoms with Gasteiger partial charge in [-0.3, -0.25) is 19.2 Å². The van der Waals surface area contributed by atoms with Gasteiger partial charge in [0.25, 0.3) is 0 Å². The zero-order valence-corrected chi connectivity index (χ0v) is 19.3. The maximum atomic E-state index is 12.7. The summed E-state index contributed by atoms with van der Waals surface area (Å²) < 4.78 is 0. The van der Waals surface area contributed by atoms with E-state index in [0.29, 0.717) is 11.4 Å². The first-order chi connectivity index (χ1) is 16.6. The molecule has 2 rings (SSSR count). The SMILES string of the molecule is NC(=O)CC(NC(=O)C(CS)NC(=O)C(N)Cc1cnc[nH]1)C(=O)NC(Cc1cnc[nH]1)C(=O)O. The van der Waals surface area contributed by atoms with E-state index in [1.807, 2.05) is 0 Å². The number of nitrogens with zero attached hydrogens (tertiary/aromatic N) is 2. The summed E-state index contributed by atoms with van der Waals surface area (Å²) in [7, 11) is 0. The molecule has 0 saturated carbocycles. The second-order valence-corrected chi connectivity index (χ2v) is 7.91. The average molecular weight is 510 g/mol. The van der Waals surface area contributed by atoms with Crippen LogP contribution in [-0.4, -0.2) is 84.6 Å². The number of hydrogen-bond acceptors (Lipinski definition) is 9. The van der Waals surface area contributed by atoms with Crippen LogP contribution in [0.3, 0.4) is 0 Å². The third kappa shape index (κ3) is 8.74. The highest BCUT2D eigenvalue weighted by Crippen LogP contribution is 2.03. The van der Waals surface area contributed by atoms with E-state index < -0.39 is 60.2 Å². The van der Waals surface area contributed by atoms with E-state index >= 15 is 0 Å². The van der Waals surface area contributed by atoms with Gasteiger partial charge < -0.3 is 42.5 Å². The minimum atomic E-state index is -1.50. The molecule has 2 aromatic rings. The summed E-state index contributed by atoms with van der Waals surface area (Å²) in [6.07, 6.45) is 5.06. The minimum Gasteiger partial charge on any atom is -0.480 e. The standard InChI is InChI=1S/C19H27N9O6S/c20-11(1-9-4-22-7-24-9)16(30)28-14(6-35)18(32)26-12(3-15(21)29)17(31)27-13(19(33)34)2-10-5-23-8-25-10/h4-5,7-8,11-14,35H,1-3,6,20H2,(H2,21,29)(H,22,24)(H,23,25)(H,26,32)(H,27,31)(H,28,30)(H,33,34). The molecule has 0 saturated heterocycles. The van der Waals surface area contributed by atoms with Crippen LogP contribution in [0.15, 0.2) is 25.0 Å². The highest BCUT2D eigenvalue weighted by Gasteiger charge is 2.31. The smallest absolute Gasteiger partial charge is 0.326 e. The molecule has 0 fully saturated rings. The van der Waals surface area contributed by atoms with Crippen molar-refractivity contribution >= 4 is 42.2 Å². The number of nitrogens with two attached hydrogens (primary N) is 2. The number of hydrogen-bond donors (Lipinski definition) is 9. The first kappa shape index (κ1) is 27.3. The quantitative estimate of drug-likeness (QED) is 0.115. The molecule has 0 bridgehead atoms. The van der Waals surface area contributed by atoms with E-state index in [0.717, 1.165) is 0 Å². The molecule has 0 aliphatic heterocycles. The van der Waals surface area contributed by atoms with Gasteiger partial charge in [-0.1, -0.05) is 0 Å². The molecule has 0 aliphatic carbocycles. The van der Waals surface area contributed by atoms with Crippen molar-refractivity contribution in [2.45, 2.75) is 43.4 Å². The molecule has 190 valence electrons. The second kappa shape index (κ2) is 13.1. The predicted molar refractivity (Wildman–Crippen MR) is 124 cm³/mol. The van der Waals surface area contributed by atoms with Crippen molar-refractivity contribution < 1.29 is 29.1 Å². The van der Waals surface area contributed by atoms with E-state index in [2.05, 4.69) is 48.5 Å². The Hall–Kier alpha value is -3.92. The molecule has 0 aromatic carbocycles. The molecular formula is C19H27N9O6S. The van der Waals surface area contributed by atoms with E-state index in [-0.39, 0.29) is 18.6 Å². The van der Waals surface area contributed by atoms with Gasteiger partial charge in [0, 0.05) is 42.4 Å². The maximum Gasteiger partial charge on any atom is 0.326 e. The number of amides is 4. The van der Waals surface area contributed by atoms with Gasteiger partial charge in [-0.05, 0) is 0 Å². The summed E-state index contributed by atoms with van der Waals surface area (Å²) in [5, 5.41) is 16.4. The van der Waals surface area contributed by atoms with Gasteiger partial charge in [0.1, 0.15) is 18.1 Å². The summed E-state index contributed by atoms with van der Waals surface area (Å²) in [6.45, 7) is 0. The van der Waals surface area contributed by atoms with Gasteiger partial charge in [0.2, 0.25) is 23.6 Å². The van der Waals surface area contributed by atoms with Gasteiger partial charge in [0.15, 0.2) is 0 Å². The first-order valence-electron chi connectivity index (χ1n) is 10.3. The zero-order chi connectivity index (χ0) is 26.0. The topological polar surface area (TPSA) is 251 Å². The molecule has 0 radical (unpaired) electrons. The minimum absolute atomic E-state index is 0.123. The van der Waals surface area contributed by atoms with Crippen LogP contribution in [0.1, 0.15) is 17.8 Å². The monoisotopic (exact) mass is 509 g/mol. The first-order valence-corrected chi connectivity index (χ1v) is 11.0. The third-order valence-electron chi connectivity index (χ3n) is 4.78. The van der Waals surface area contributed by atoms with E-state index in [1.165, 1.54) is 25.0 Å². The number of thiol groups is 1. The Labute approximate surface area is 204 Å². The molecule has 0 aliphatic rings. The van der Waals surface area contributed by atoms with Crippen molar-refractivity contribution in [3.05, 3.63) is 36.4 Å². The molecule has 10 N–H and O–H groups in total. The van der Waals surface area contributed by atoms with Crippen molar-refractivity contribution in [2.24, 2.45) is 11.5 Å². The molecule has 0 spiro atoms. The number of carbonyl (C=O) groups excluding carboxylic acids is 4. The number of primary amides is 1. The number of aliphatic carboxylic acids is 1. The number of H-pyrrole nitrogens is 2. The maximum absolute atomic E-state index is 12.7. The number of imidazole rings is 2. The average Bonchev–Trinajstić information content (AvgIpc) is 3.50. The number of aromatic amines is 2. The van der Waals surface area contributed by atoms with E-state index in [9.17, 15) is 29.1 Å². The van der Waals surface area contributed by atoms with Crippen molar-refractivity contribution in [1.29, 1.82) is 0 Å². The summed E-state index contributed by atoms with van der Waals surface area (Å²) >= 11 is 4.05. The number of carboxylic acid groups (broad SMARTS) is 1. The fourth-order valence-corrected chi connectivity index (χ4v) is 3.23. The lowest BCUT2D eigenvalue weighted by Crippen LogP contribution is -2.58. The Morgan fingerprint density at radius 1 is 0.886 bits per heavy atom. The van der Waals surface area contributed by atoms with Gasteiger partial charge >= 0.3 is 5.97 Å². The number of carbonyl (C=O) groups is 5. The van der Waals surface area contributed by atoms with Gasteiger partial charge in [-0.25, -0.2) is 14.8 Å². The van der Waals surface area contributed by atoms with Crippen molar-refractivity contribution in [1.82, 2.24) is 35.9 Å². The van der Waals surface area contributed by atoms with Crippen LogP contribution < -0.4 is 27.4 Å². The van der Waals surface area contributed by atoms with Gasteiger partial charge in [-0.2, -0.15) is 12.6 Å². The van der Waals surface area contributed by atoms with Crippen molar-refractivity contribution in [3.8, 4) is 0 Å². The fraction of sp³-hybridized carbons (Fsp3) is 0.421. The van der Waals surface area contributed by atoms with E-state index in [4.69, 9.17) is 11.5 Å². The number of rotatable bonds is 14.